The fourth-order valence-electron chi connectivity index (χ4n) is 3.06. The van der Waals surface area contributed by atoms with Crippen LogP contribution in [0.4, 0.5) is 0 Å². The third kappa shape index (κ3) is 3.80. The Hall–Kier alpha value is -1.11. The van der Waals surface area contributed by atoms with Crippen molar-refractivity contribution >= 4 is 23.8 Å². The summed E-state index contributed by atoms with van der Waals surface area (Å²) in [6.45, 7) is 5.44. The summed E-state index contributed by atoms with van der Waals surface area (Å²) < 4.78 is 0. The van der Waals surface area contributed by atoms with Crippen LogP contribution in [0.25, 0.3) is 0 Å². The Balaban J connectivity index is 1.32. The van der Waals surface area contributed by atoms with Crippen LogP contribution in [0.5, 0.6) is 0 Å². The monoisotopic (exact) mass is 324 g/mol. The van der Waals surface area contributed by atoms with E-state index in [1.54, 1.807) is 6.21 Å². The van der Waals surface area contributed by atoms with Gasteiger partial charge >= 0.3 is 0 Å². The third-order valence-electron chi connectivity index (χ3n) is 4.39. The lowest BCUT2D eigenvalue weighted by molar-refractivity contribution is 0.236. The number of hydrogen-bond donors (Lipinski definition) is 2. The lowest BCUT2D eigenvalue weighted by Gasteiger charge is -2.28. The van der Waals surface area contributed by atoms with Crippen LogP contribution < -0.4 is 10.6 Å². The van der Waals surface area contributed by atoms with Gasteiger partial charge in [-0.3, -0.25) is 15.2 Å². The summed E-state index contributed by atoms with van der Waals surface area (Å²) in [5.74, 6) is 0.784. The van der Waals surface area contributed by atoms with Gasteiger partial charge in [-0.1, -0.05) is 12.8 Å². The fraction of sp³-hybridized carbons (Fsp3) is 0.733. The molecule has 2 atom stereocenters. The molecule has 2 heterocycles. The van der Waals surface area contributed by atoms with Crippen LogP contribution in [-0.2, 0) is 0 Å². The van der Waals surface area contributed by atoms with Crippen molar-refractivity contribution in [2.24, 2.45) is 10.1 Å². The lowest BCUT2D eigenvalue weighted by atomic mass is 9.95. The number of allylic oxidation sites excluding steroid dienone is 2. The van der Waals surface area contributed by atoms with Gasteiger partial charge in [0.05, 0.1) is 6.67 Å². The van der Waals surface area contributed by atoms with Gasteiger partial charge in [-0.2, -0.15) is 0 Å². The van der Waals surface area contributed by atoms with Crippen molar-refractivity contribution < 1.29 is 0 Å². The summed E-state index contributed by atoms with van der Waals surface area (Å²) in [6.07, 6.45) is 8.72. The SMILES string of the molecule is CC1=CC=NC2=NN(CNCCNC3CCCCC3Cl)CN12. The first kappa shape index (κ1) is 15.8. The number of fused-ring (bicyclic) bond motifs is 1. The molecule has 0 aromatic carbocycles. The molecule has 2 aliphatic heterocycles. The minimum Gasteiger partial charge on any atom is -0.311 e. The normalized spacial score (nSPS) is 27.7. The van der Waals surface area contributed by atoms with Crippen LogP contribution in [-0.4, -0.2) is 59.9 Å². The highest BCUT2D eigenvalue weighted by atomic mass is 35.5. The number of rotatable bonds is 6. The van der Waals surface area contributed by atoms with Gasteiger partial charge in [0, 0.05) is 36.4 Å². The van der Waals surface area contributed by atoms with E-state index in [9.17, 15) is 0 Å². The van der Waals surface area contributed by atoms with Gasteiger partial charge in [-0.05, 0) is 25.8 Å². The zero-order chi connectivity index (χ0) is 15.4. The molecule has 2 N–H and O–H groups in total. The Kier molecular flexibility index (Phi) is 5.33. The van der Waals surface area contributed by atoms with Gasteiger partial charge in [0.25, 0.3) is 0 Å². The fourth-order valence-corrected chi connectivity index (χ4v) is 3.43. The Morgan fingerprint density at radius 1 is 1.32 bits per heavy atom. The predicted molar refractivity (Wildman–Crippen MR) is 91.0 cm³/mol. The average molecular weight is 325 g/mol. The Morgan fingerprint density at radius 3 is 3.00 bits per heavy atom. The van der Waals surface area contributed by atoms with Crippen LogP contribution in [0.2, 0.25) is 0 Å². The summed E-state index contributed by atoms with van der Waals surface area (Å²) in [5, 5.41) is 13.8. The van der Waals surface area contributed by atoms with E-state index in [4.69, 9.17) is 11.6 Å². The maximum atomic E-state index is 6.35. The van der Waals surface area contributed by atoms with Crippen molar-refractivity contribution in [2.75, 3.05) is 26.4 Å². The number of hydrogen-bond acceptors (Lipinski definition) is 6. The minimum absolute atomic E-state index is 0.294. The van der Waals surface area contributed by atoms with Crippen molar-refractivity contribution in [2.45, 2.75) is 44.0 Å². The smallest absolute Gasteiger partial charge is 0.248 e. The molecule has 1 saturated carbocycles. The second-order valence-corrected chi connectivity index (χ2v) is 6.64. The Bertz CT molecular complexity index is 475. The summed E-state index contributed by atoms with van der Waals surface area (Å²) in [5.41, 5.74) is 1.18. The number of guanidine groups is 1. The van der Waals surface area contributed by atoms with Crippen LogP contribution in [0, 0.1) is 0 Å². The summed E-state index contributed by atoms with van der Waals surface area (Å²) in [7, 11) is 0. The minimum atomic E-state index is 0.294. The van der Waals surface area contributed by atoms with E-state index in [0.717, 1.165) is 38.8 Å². The second kappa shape index (κ2) is 7.44. The molecule has 122 valence electrons. The van der Waals surface area contributed by atoms with E-state index < -0.39 is 0 Å². The first-order chi connectivity index (χ1) is 10.7. The molecule has 0 aromatic rings. The first-order valence-electron chi connectivity index (χ1n) is 8.14. The van der Waals surface area contributed by atoms with Gasteiger partial charge in [-0.15, -0.1) is 16.7 Å². The zero-order valence-corrected chi connectivity index (χ0v) is 13.9. The van der Waals surface area contributed by atoms with Crippen molar-refractivity contribution in [3.8, 4) is 0 Å². The molecule has 7 heteroatoms. The number of nitrogens with one attached hydrogen (secondary N) is 2. The summed E-state index contributed by atoms with van der Waals surface area (Å²) in [6, 6.07) is 0.473. The second-order valence-electron chi connectivity index (χ2n) is 6.08. The molecule has 3 aliphatic rings. The van der Waals surface area contributed by atoms with Crippen LogP contribution >= 0.6 is 11.6 Å². The number of halogens is 1. The highest BCUT2D eigenvalue weighted by molar-refractivity contribution is 6.21. The highest BCUT2D eigenvalue weighted by Crippen LogP contribution is 2.22. The van der Waals surface area contributed by atoms with Gasteiger partial charge in [0.15, 0.2) is 0 Å². The molecule has 22 heavy (non-hydrogen) atoms. The summed E-state index contributed by atoms with van der Waals surface area (Å²) >= 11 is 6.35. The standard InChI is InChI=1S/C15H25ClN6/c1-12-6-7-19-15-20-21(11-22(12)15)10-17-8-9-18-14-5-3-2-4-13(14)16/h6-7,13-14,17-18H,2-5,8-11H2,1H3. The van der Waals surface area contributed by atoms with E-state index in [1.807, 2.05) is 11.1 Å². The van der Waals surface area contributed by atoms with E-state index in [-0.39, 0.29) is 0 Å². The molecule has 6 nitrogen and oxygen atoms in total. The predicted octanol–water partition coefficient (Wildman–Crippen LogP) is 1.51. The average Bonchev–Trinajstić information content (AvgIpc) is 2.93. The number of alkyl halides is 1. The van der Waals surface area contributed by atoms with E-state index in [2.05, 4.69) is 32.6 Å². The van der Waals surface area contributed by atoms with Crippen molar-refractivity contribution in [1.82, 2.24) is 20.5 Å². The van der Waals surface area contributed by atoms with Crippen LogP contribution in [0.1, 0.15) is 32.6 Å². The molecule has 0 bridgehead atoms. The molecule has 0 spiro atoms. The Morgan fingerprint density at radius 2 is 2.18 bits per heavy atom. The number of hydrazone groups is 1. The van der Waals surface area contributed by atoms with Crippen molar-refractivity contribution in [3.63, 3.8) is 0 Å². The molecule has 3 rings (SSSR count). The van der Waals surface area contributed by atoms with Gasteiger partial charge in [0.2, 0.25) is 5.96 Å². The molecule has 1 fully saturated rings. The molecule has 2 unspecified atom stereocenters. The van der Waals surface area contributed by atoms with Gasteiger partial charge in [0.1, 0.15) is 6.67 Å². The molecular weight excluding hydrogens is 300 g/mol. The van der Waals surface area contributed by atoms with E-state index in [1.165, 1.54) is 25.0 Å². The maximum Gasteiger partial charge on any atom is 0.248 e. The van der Waals surface area contributed by atoms with Crippen LogP contribution in [0.3, 0.4) is 0 Å². The molecule has 0 saturated heterocycles. The van der Waals surface area contributed by atoms with Crippen molar-refractivity contribution in [1.29, 1.82) is 0 Å². The quantitative estimate of drug-likeness (QED) is 0.574. The molecular formula is C15H25ClN6. The number of nitrogens with zero attached hydrogens (tertiary/aromatic N) is 4. The van der Waals surface area contributed by atoms with Crippen molar-refractivity contribution in [3.05, 3.63) is 11.8 Å². The van der Waals surface area contributed by atoms with Gasteiger partial charge in [-0.25, -0.2) is 4.99 Å². The summed E-state index contributed by atoms with van der Waals surface area (Å²) in [4.78, 5) is 6.40. The van der Waals surface area contributed by atoms with E-state index >= 15 is 0 Å². The lowest BCUT2D eigenvalue weighted by Crippen LogP contribution is -2.43. The first-order valence-corrected chi connectivity index (χ1v) is 8.58. The third-order valence-corrected chi connectivity index (χ3v) is 4.92. The molecule has 1 aliphatic carbocycles. The van der Waals surface area contributed by atoms with Gasteiger partial charge < -0.3 is 5.32 Å². The topological polar surface area (TPSA) is 55.3 Å². The maximum absolute atomic E-state index is 6.35. The largest absolute Gasteiger partial charge is 0.311 e. The Labute approximate surface area is 137 Å². The zero-order valence-electron chi connectivity index (χ0n) is 13.1. The van der Waals surface area contributed by atoms with Crippen LogP contribution in [0.15, 0.2) is 21.9 Å². The molecule has 0 aromatic heterocycles. The highest BCUT2D eigenvalue weighted by Gasteiger charge is 2.25. The molecule has 0 amide bonds. The van der Waals surface area contributed by atoms with E-state index in [0.29, 0.717) is 11.4 Å². The molecule has 0 radical (unpaired) electrons. The number of aliphatic imine (C=N–C) groups is 1.